The Morgan fingerprint density at radius 1 is 1.21 bits per heavy atom. The molecule has 4 rings (SSSR count). The summed E-state index contributed by atoms with van der Waals surface area (Å²) in [7, 11) is 0. The van der Waals surface area contributed by atoms with Gasteiger partial charge in [-0.15, -0.1) is 0 Å². The van der Waals surface area contributed by atoms with Crippen LogP contribution in [-0.4, -0.2) is 34.4 Å². The first-order chi connectivity index (χ1) is 13.9. The standard InChI is InChI=1S/C21H20F2N4O2/c22-13-7-8-14(23)18(12-13)27(11-3-6-17(27)21(24)29)20(28)10-9-19-25-15-4-1-2-5-16(15)26-19/h1-2,4-5,7-8,12,17H,3,6,9-11H2,(H2-,24,25,26,29)/p+1/t17-,27?/m0/s1. The molecular weight excluding hydrogens is 378 g/mol. The smallest absolute Gasteiger partial charge is 0.319 e. The predicted molar refractivity (Wildman–Crippen MR) is 105 cm³/mol. The number of nitrogens with two attached hydrogens (primary N) is 1. The molecule has 8 heteroatoms. The molecule has 1 aliphatic heterocycles. The minimum absolute atomic E-state index is 0.0134. The van der Waals surface area contributed by atoms with E-state index in [-0.39, 0.29) is 31.0 Å². The molecule has 6 nitrogen and oxygen atoms in total. The fraction of sp³-hybridized carbons (Fsp3) is 0.286. The van der Waals surface area contributed by atoms with Crippen molar-refractivity contribution in [3.8, 4) is 0 Å². The number of aromatic amines is 1. The number of amides is 2. The van der Waals surface area contributed by atoms with Crippen molar-refractivity contribution < 1.29 is 18.4 Å². The van der Waals surface area contributed by atoms with Crippen LogP contribution in [0.15, 0.2) is 42.5 Å². The molecule has 0 aliphatic carbocycles. The van der Waals surface area contributed by atoms with E-state index in [2.05, 4.69) is 9.97 Å². The summed E-state index contributed by atoms with van der Waals surface area (Å²) >= 11 is 0. The van der Waals surface area contributed by atoms with Crippen LogP contribution in [0.1, 0.15) is 25.1 Å². The minimum Gasteiger partial charge on any atom is -0.364 e. The fourth-order valence-electron chi connectivity index (χ4n) is 4.33. The van der Waals surface area contributed by atoms with E-state index in [4.69, 9.17) is 5.73 Å². The van der Waals surface area contributed by atoms with Gasteiger partial charge in [0.2, 0.25) is 0 Å². The molecule has 1 aromatic heterocycles. The van der Waals surface area contributed by atoms with Crippen molar-refractivity contribution in [1.82, 2.24) is 14.5 Å². The van der Waals surface area contributed by atoms with E-state index in [1.165, 1.54) is 0 Å². The number of likely N-dealkylation sites (tertiary alicyclic amines) is 1. The normalized spacial score (nSPS) is 21.5. The molecule has 2 heterocycles. The Balaban J connectivity index is 1.68. The maximum atomic E-state index is 14.7. The van der Waals surface area contributed by atoms with Crippen LogP contribution in [0.3, 0.4) is 0 Å². The van der Waals surface area contributed by atoms with Crippen molar-refractivity contribution in [2.75, 3.05) is 6.54 Å². The molecule has 2 aromatic carbocycles. The van der Waals surface area contributed by atoms with E-state index in [0.29, 0.717) is 18.7 Å². The summed E-state index contributed by atoms with van der Waals surface area (Å²) in [5.74, 6) is -1.84. The summed E-state index contributed by atoms with van der Waals surface area (Å²) in [6.07, 6.45) is 1.16. The van der Waals surface area contributed by atoms with E-state index in [1.807, 2.05) is 24.3 Å². The number of aromatic nitrogens is 2. The Morgan fingerprint density at radius 3 is 2.76 bits per heavy atom. The van der Waals surface area contributed by atoms with Crippen molar-refractivity contribution in [3.05, 3.63) is 59.9 Å². The second kappa shape index (κ2) is 7.36. The number of benzene rings is 2. The Kier molecular flexibility index (Phi) is 4.87. The lowest BCUT2D eigenvalue weighted by molar-refractivity contribution is -0.136. The quantitative estimate of drug-likeness (QED) is 0.647. The van der Waals surface area contributed by atoms with Crippen LogP contribution in [0.2, 0.25) is 0 Å². The molecular formula is C21H21F2N4O2+. The third kappa shape index (κ3) is 3.29. The maximum absolute atomic E-state index is 14.7. The summed E-state index contributed by atoms with van der Waals surface area (Å²) in [6, 6.07) is 9.53. The number of primary amides is 1. The number of carbonyl (C=O) groups is 2. The van der Waals surface area contributed by atoms with Crippen LogP contribution in [0.4, 0.5) is 14.5 Å². The summed E-state index contributed by atoms with van der Waals surface area (Å²) < 4.78 is 28.0. The van der Waals surface area contributed by atoms with Gasteiger partial charge in [0.15, 0.2) is 17.5 Å². The average molecular weight is 399 g/mol. The second-order valence-corrected chi connectivity index (χ2v) is 7.34. The molecule has 1 saturated heterocycles. The van der Waals surface area contributed by atoms with Gasteiger partial charge >= 0.3 is 5.91 Å². The topological polar surface area (TPSA) is 88.8 Å². The van der Waals surface area contributed by atoms with E-state index in [9.17, 15) is 18.4 Å². The lowest BCUT2D eigenvalue weighted by atomic mass is 10.1. The molecule has 29 heavy (non-hydrogen) atoms. The summed E-state index contributed by atoms with van der Waals surface area (Å²) in [4.78, 5) is 33.1. The number of nitrogens with one attached hydrogen (secondary N) is 1. The number of imidazole rings is 1. The first-order valence-electron chi connectivity index (χ1n) is 9.51. The van der Waals surface area contributed by atoms with E-state index < -0.39 is 28.1 Å². The number of H-pyrrole nitrogens is 1. The van der Waals surface area contributed by atoms with Crippen LogP contribution >= 0.6 is 0 Å². The van der Waals surface area contributed by atoms with Gasteiger partial charge in [0.25, 0.3) is 5.91 Å². The van der Waals surface area contributed by atoms with Crippen LogP contribution in [0, 0.1) is 11.6 Å². The number of fused-ring (bicyclic) bond motifs is 1. The molecule has 0 radical (unpaired) electrons. The molecule has 0 spiro atoms. The largest absolute Gasteiger partial charge is 0.364 e. The monoisotopic (exact) mass is 399 g/mol. The first kappa shape index (κ1) is 19.2. The highest BCUT2D eigenvalue weighted by molar-refractivity contribution is 5.97. The molecule has 150 valence electrons. The van der Waals surface area contributed by atoms with Crippen molar-refractivity contribution in [3.63, 3.8) is 0 Å². The lowest BCUT2D eigenvalue weighted by Crippen LogP contribution is -2.62. The van der Waals surface area contributed by atoms with Crippen molar-refractivity contribution in [1.29, 1.82) is 0 Å². The van der Waals surface area contributed by atoms with E-state index >= 15 is 0 Å². The Morgan fingerprint density at radius 2 is 2.00 bits per heavy atom. The molecule has 2 amide bonds. The SMILES string of the molecule is NC(=O)[C@@H]1CCC[N+]1(C(=O)CCc1nc2ccccc2[nH]1)c1cc(F)ccc1F. The van der Waals surface area contributed by atoms with E-state index in [0.717, 1.165) is 29.2 Å². The number of hydrogen-bond acceptors (Lipinski definition) is 3. The van der Waals surface area contributed by atoms with Gasteiger partial charge in [0, 0.05) is 25.3 Å². The minimum atomic E-state index is -0.922. The van der Waals surface area contributed by atoms with Crippen LogP contribution in [0.25, 0.3) is 11.0 Å². The number of halogens is 2. The molecule has 2 atom stereocenters. The number of carbonyl (C=O) groups excluding carboxylic acids is 2. The highest BCUT2D eigenvalue weighted by atomic mass is 19.1. The molecule has 3 aromatic rings. The maximum Gasteiger partial charge on any atom is 0.319 e. The first-order valence-corrected chi connectivity index (χ1v) is 9.51. The number of hydrogen-bond donors (Lipinski definition) is 2. The van der Waals surface area contributed by atoms with Gasteiger partial charge < -0.3 is 10.7 Å². The lowest BCUT2D eigenvalue weighted by Gasteiger charge is -2.35. The molecule has 0 bridgehead atoms. The summed E-state index contributed by atoms with van der Waals surface area (Å²) in [6.45, 7) is 0.201. The summed E-state index contributed by atoms with van der Waals surface area (Å²) in [5, 5.41) is 0. The molecule has 3 N–H and O–H groups in total. The zero-order valence-corrected chi connectivity index (χ0v) is 15.7. The molecule has 1 aliphatic rings. The van der Waals surface area contributed by atoms with Gasteiger partial charge in [-0.25, -0.2) is 23.0 Å². The summed E-state index contributed by atoms with van der Waals surface area (Å²) in [5.41, 5.74) is 7.05. The predicted octanol–water partition coefficient (Wildman–Crippen LogP) is 2.96. The van der Waals surface area contributed by atoms with Crippen molar-refractivity contribution in [2.24, 2.45) is 5.73 Å². The third-order valence-electron chi connectivity index (χ3n) is 5.65. The number of nitrogens with zero attached hydrogens (tertiary/aromatic N) is 2. The Hall–Kier alpha value is -3.13. The molecule has 0 saturated carbocycles. The van der Waals surface area contributed by atoms with Gasteiger partial charge in [0.05, 0.1) is 24.0 Å². The fourth-order valence-corrected chi connectivity index (χ4v) is 4.33. The van der Waals surface area contributed by atoms with Crippen molar-refractivity contribution in [2.45, 2.75) is 31.7 Å². The zero-order chi connectivity index (χ0) is 20.6. The molecule has 1 fully saturated rings. The number of quaternary nitrogens is 1. The van der Waals surface area contributed by atoms with Crippen LogP contribution < -0.4 is 10.2 Å². The average Bonchev–Trinajstić information content (AvgIpc) is 3.32. The highest BCUT2D eigenvalue weighted by Gasteiger charge is 2.53. The Bertz CT molecular complexity index is 1060. The van der Waals surface area contributed by atoms with Gasteiger partial charge in [0.1, 0.15) is 11.6 Å². The zero-order valence-electron chi connectivity index (χ0n) is 15.7. The number of aryl methyl sites for hydroxylation is 1. The third-order valence-corrected chi connectivity index (χ3v) is 5.65. The second-order valence-electron chi connectivity index (χ2n) is 7.34. The van der Waals surface area contributed by atoms with Gasteiger partial charge in [-0.1, -0.05) is 12.1 Å². The van der Waals surface area contributed by atoms with E-state index in [1.54, 1.807) is 0 Å². The van der Waals surface area contributed by atoms with Crippen LogP contribution in [0.5, 0.6) is 0 Å². The van der Waals surface area contributed by atoms with Gasteiger partial charge in [-0.05, 0) is 24.3 Å². The van der Waals surface area contributed by atoms with Crippen LogP contribution in [-0.2, 0) is 16.0 Å². The van der Waals surface area contributed by atoms with Gasteiger partial charge in [-0.2, -0.15) is 0 Å². The Labute approximate surface area is 165 Å². The number of rotatable bonds is 5. The van der Waals surface area contributed by atoms with Crippen molar-refractivity contribution >= 4 is 28.5 Å². The highest BCUT2D eigenvalue weighted by Crippen LogP contribution is 2.38. The number of para-hydroxylation sites is 2. The molecule has 1 unspecified atom stereocenters. The van der Waals surface area contributed by atoms with Gasteiger partial charge in [-0.3, -0.25) is 4.79 Å².